The fourth-order valence-electron chi connectivity index (χ4n) is 1.19. The molecular formula is C10H7BrO2S2. The van der Waals surface area contributed by atoms with Gasteiger partial charge < -0.3 is 0 Å². The largest absolute Gasteiger partial charge is 0.218 e. The van der Waals surface area contributed by atoms with Crippen molar-refractivity contribution in [3.05, 3.63) is 46.3 Å². The van der Waals surface area contributed by atoms with Gasteiger partial charge in [-0.15, -0.1) is 11.3 Å². The quantitative estimate of drug-likeness (QED) is 0.852. The number of halogens is 1. The zero-order valence-electron chi connectivity index (χ0n) is 7.55. The Bertz CT molecular complexity index is 559. The average molecular weight is 303 g/mol. The van der Waals surface area contributed by atoms with Gasteiger partial charge in [-0.2, -0.15) is 0 Å². The smallest absolute Gasteiger partial charge is 0.217 e. The van der Waals surface area contributed by atoms with Gasteiger partial charge in [0, 0.05) is 4.47 Å². The van der Waals surface area contributed by atoms with Crippen LogP contribution in [0.2, 0.25) is 0 Å². The molecule has 5 heteroatoms. The third-order valence-corrected chi connectivity index (χ3v) is 6.05. The third kappa shape index (κ3) is 2.00. The second-order valence-electron chi connectivity index (χ2n) is 2.87. The van der Waals surface area contributed by atoms with E-state index in [1.807, 2.05) is 0 Å². The van der Waals surface area contributed by atoms with Crippen molar-refractivity contribution in [3.63, 3.8) is 0 Å². The first-order valence-corrected chi connectivity index (χ1v) is 7.31. The van der Waals surface area contributed by atoms with Gasteiger partial charge in [0.1, 0.15) is 4.21 Å². The van der Waals surface area contributed by atoms with Gasteiger partial charge in [-0.1, -0.05) is 18.2 Å². The summed E-state index contributed by atoms with van der Waals surface area (Å²) in [6.07, 6.45) is 0. The van der Waals surface area contributed by atoms with E-state index in [-0.39, 0.29) is 0 Å². The van der Waals surface area contributed by atoms with Crippen molar-refractivity contribution in [3.8, 4) is 0 Å². The zero-order chi connectivity index (χ0) is 10.9. The minimum Gasteiger partial charge on any atom is -0.218 e. The van der Waals surface area contributed by atoms with Crippen LogP contribution in [0.4, 0.5) is 0 Å². The first kappa shape index (κ1) is 10.9. The monoisotopic (exact) mass is 302 g/mol. The van der Waals surface area contributed by atoms with Crippen LogP contribution in [0.15, 0.2) is 55.4 Å². The molecule has 78 valence electrons. The van der Waals surface area contributed by atoms with Gasteiger partial charge in [-0.3, -0.25) is 0 Å². The van der Waals surface area contributed by atoms with Crippen molar-refractivity contribution in [2.45, 2.75) is 9.10 Å². The molecule has 0 radical (unpaired) electrons. The predicted molar refractivity (Wildman–Crippen MR) is 63.9 cm³/mol. The molecule has 0 unspecified atom stereocenters. The van der Waals surface area contributed by atoms with Crippen molar-refractivity contribution in [1.29, 1.82) is 0 Å². The van der Waals surface area contributed by atoms with Crippen LogP contribution >= 0.6 is 27.3 Å². The zero-order valence-corrected chi connectivity index (χ0v) is 10.8. The molecule has 0 spiro atoms. The topological polar surface area (TPSA) is 34.1 Å². The number of hydrogen-bond donors (Lipinski definition) is 0. The molecule has 0 aliphatic heterocycles. The molecule has 0 bridgehead atoms. The van der Waals surface area contributed by atoms with Gasteiger partial charge in [0.15, 0.2) is 0 Å². The molecule has 2 nitrogen and oxygen atoms in total. The van der Waals surface area contributed by atoms with Gasteiger partial charge in [-0.05, 0) is 39.5 Å². The Morgan fingerprint density at radius 1 is 1.07 bits per heavy atom. The molecule has 0 aliphatic rings. The number of hydrogen-bond acceptors (Lipinski definition) is 3. The molecule has 1 aromatic carbocycles. The van der Waals surface area contributed by atoms with E-state index in [0.29, 0.717) is 13.6 Å². The summed E-state index contributed by atoms with van der Waals surface area (Å²) >= 11 is 4.47. The molecule has 0 saturated carbocycles. The highest BCUT2D eigenvalue weighted by molar-refractivity contribution is 9.10. The van der Waals surface area contributed by atoms with Crippen LogP contribution in [0.25, 0.3) is 0 Å². The summed E-state index contributed by atoms with van der Waals surface area (Å²) in [6.45, 7) is 0. The highest BCUT2D eigenvalue weighted by atomic mass is 79.9. The van der Waals surface area contributed by atoms with Crippen LogP contribution < -0.4 is 0 Å². The second-order valence-corrected chi connectivity index (χ2v) is 6.81. The Kier molecular flexibility index (Phi) is 2.95. The first-order chi connectivity index (χ1) is 7.12. The molecule has 0 atom stereocenters. The molecule has 0 N–H and O–H groups in total. The molecule has 15 heavy (non-hydrogen) atoms. The summed E-state index contributed by atoms with van der Waals surface area (Å²) in [5.41, 5.74) is 0. The molecule has 1 heterocycles. The van der Waals surface area contributed by atoms with Crippen molar-refractivity contribution in [2.24, 2.45) is 0 Å². The summed E-state index contributed by atoms with van der Waals surface area (Å²) in [5.74, 6) is 0. The normalized spacial score (nSPS) is 11.5. The van der Waals surface area contributed by atoms with Gasteiger partial charge in [0.2, 0.25) is 9.84 Å². The maximum atomic E-state index is 12.1. The third-order valence-electron chi connectivity index (χ3n) is 1.89. The van der Waals surface area contributed by atoms with Crippen LogP contribution in [0.3, 0.4) is 0 Å². The molecule has 0 saturated heterocycles. The highest BCUT2D eigenvalue weighted by Gasteiger charge is 2.20. The number of sulfone groups is 1. The molecule has 1 aromatic heterocycles. The Labute approximate surface area is 101 Å². The van der Waals surface area contributed by atoms with E-state index in [1.165, 1.54) is 11.3 Å². The van der Waals surface area contributed by atoms with E-state index < -0.39 is 9.84 Å². The van der Waals surface area contributed by atoms with E-state index >= 15 is 0 Å². The summed E-state index contributed by atoms with van der Waals surface area (Å²) in [6, 6.07) is 10.2. The van der Waals surface area contributed by atoms with Crippen LogP contribution in [0, 0.1) is 0 Å². The lowest BCUT2D eigenvalue weighted by molar-refractivity contribution is 0.597. The summed E-state index contributed by atoms with van der Waals surface area (Å²) in [4.78, 5) is 0.312. The SMILES string of the molecule is O=S(=O)(c1cccs1)c1ccccc1Br. The van der Waals surface area contributed by atoms with E-state index in [9.17, 15) is 8.42 Å². The van der Waals surface area contributed by atoms with Crippen molar-refractivity contribution >= 4 is 37.1 Å². The lowest BCUT2D eigenvalue weighted by atomic mass is 10.4. The van der Waals surface area contributed by atoms with E-state index in [2.05, 4.69) is 15.9 Å². The lowest BCUT2D eigenvalue weighted by Gasteiger charge is -2.03. The summed E-state index contributed by atoms with van der Waals surface area (Å²) < 4.78 is 25.2. The first-order valence-electron chi connectivity index (χ1n) is 4.15. The number of benzene rings is 1. The Balaban J connectivity index is 2.62. The van der Waals surface area contributed by atoms with Crippen molar-refractivity contribution < 1.29 is 8.42 Å². The van der Waals surface area contributed by atoms with Crippen LogP contribution in [-0.2, 0) is 9.84 Å². The van der Waals surface area contributed by atoms with Gasteiger partial charge in [0.05, 0.1) is 4.90 Å². The fraction of sp³-hybridized carbons (Fsp3) is 0. The van der Waals surface area contributed by atoms with E-state index in [1.54, 1.807) is 41.8 Å². The van der Waals surface area contributed by atoms with Gasteiger partial charge in [-0.25, -0.2) is 8.42 Å². The van der Waals surface area contributed by atoms with Crippen molar-refractivity contribution in [2.75, 3.05) is 0 Å². The molecule has 0 amide bonds. The highest BCUT2D eigenvalue weighted by Crippen LogP contribution is 2.29. The Morgan fingerprint density at radius 2 is 1.80 bits per heavy atom. The molecule has 2 aromatic rings. The summed E-state index contributed by atoms with van der Waals surface area (Å²) in [5, 5.41) is 1.75. The van der Waals surface area contributed by atoms with Crippen LogP contribution in [0.1, 0.15) is 0 Å². The number of thiophene rings is 1. The minimum absolute atomic E-state index is 0.312. The van der Waals surface area contributed by atoms with Crippen molar-refractivity contribution in [1.82, 2.24) is 0 Å². The molecule has 0 aliphatic carbocycles. The van der Waals surface area contributed by atoms with Crippen LogP contribution in [-0.4, -0.2) is 8.42 Å². The predicted octanol–water partition coefficient (Wildman–Crippen LogP) is 3.34. The maximum absolute atomic E-state index is 12.1. The maximum Gasteiger partial charge on any atom is 0.217 e. The molecule has 0 fully saturated rings. The standard InChI is InChI=1S/C10H7BrO2S2/c11-8-4-1-2-5-9(8)15(12,13)10-6-3-7-14-10/h1-7H. The lowest BCUT2D eigenvalue weighted by Crippen LogP contribution is -2.00. The average Bonchev–Trinajstić information content (AvgIpc) is 2.71. The number of rotatable bonds is 2. The Morgan fingerprint density at radius 3 is 2.40 bits per heavy atom. The second kappa shape index (κ2) is 4.08. The van der Waals surface area contributed by atoms with Gasteiger partial charge >= 0.3 is 0 Å². The summed E-state index contributed by atoms with van der Waals surface area (Å²) in [7, 11) is -3.35. The Hall–Kier alpha value is -0.650. The van der Waals surface area contributed by atoms with E-state index in [0.717, 1.165) is 0 Å². The molecule has 2 rings (SSSR count). The fourth-order valence-corrected chi connectivity index (χ4v) is 4.56. The molecular weight excluding hydrogens is 296 g/mol. The van der Waals surface area contributed by atoms with Crippen LogP contribution in [0.5, 0.6) is 0 Å². The van der Waals surface area contributed by atoms with E-state index in [4.69, 9.17) is 0 Å². The minimum atomic E-state index is -3.35. The van der Waals surface area contributed by atoms with Gasteiger partial charge in [0.25, 0.3) is 0 Å².